The van der Waals surface area contributed by atoms with Gasteiger partial charge in [-0.05, 0) is 43.8 Å². The molecule has 3 rings (SSSR count). The predicted octanol–water partition coefficient (Wildman–Crippen LogP) is 1.11. The van der Waals surface area contributed by atoms with Crippen LogP contribution in [0, 0.1) is 0 Å². The Morgan fingerprint density at radius 2 is 1.43 bits per heavy atom. The van der Waals surface area contributed by atoms with E-state index in [4.69, 9.17) is 0 Å². The lowest BCUT2D eigenvalue weighted by atomic mass is 10.0. The summed E-state index contributed by atoms with van der Waals surface area (Å²) >= 11 is 0. The number of carboxylic acid groups (broad SMARTS) is 2. The quantitative estimate of drug-likeness (QED) is 0.289. The van der Waals surface area contributed by atoms with Crippen molar-refractivity contribution in [2.24, 2.45) is 0 Å². The first kappa shape index (κ1) is 29.0. The Morgan fingerprint density at radius 3 is 1.95 bits per heavy atom. The van der Waals surface area contributed by atoms with Crippen molar-refractivity contribution in [3.05, 3.63) is 79.0 Å². The SMILES string of the molecule is CCN(CC)CCCNC(=O)Cn1ncc(-c2ccccc2)c1-c1ccccc1.O=C([O-])/C=C/C(=O)[O-]. The summed E-state index contributed by atoms with van der Waals surface area (Å²) in [6.07, 6.45) is 3.57. The highest BCUT2D eigenvalue weighted by Gasteiger charge is 2.16. The van der Waals surface area contributed by atoms with Crippen LogP contribution in [-0.4, -0.2) is 58.7 Å². The molecule has 1 heterocycles. The molecule has 0 fully saturated rings. The lowest BCUT2D eigenvalue weighted by molar-refractivity contribution is -0.301. The van der Waals surface area contributed by atoms with E-state index >= 15 is 0 Å². The van der Waals surface area contributed by atoms with Gasteiger partial charge in [0.25, 0.3) is 0 Å². The molecule has 0 aliphatic rings. The second-order valence-electron chi connectivity index (χ2n) is 8.00. The second kappa shape index (κ2) is 15.7. The van der Waals surface area contributed by atoms with Crippen molar-refractivity contribution in [2.75, 3.05) is 26.2 Å². The lowest BCUT2D eigenvalue weighted by Crippen LogP contribution is -2.32. The van der Waals surface area contributed by atoms with Gasteiger partial charge in [0.05, 0.1) is 23.8 Å². The fourth-order valence-corrected chi connectivity index (χ4v) is 3.63. The molecule has 1 N–H and O–H groups in total. The molecule has 0 saturated carbocycles. The van der Waals surface area contributed by atoms with E-state index in [1.165, 1.54) is 0 Å². The number of nitrogens with zero attached hydrogens (tertiary/aromatic N) is 3. The van der Waals surface area contributed by atoms with E-state index in [0.29, 0.717) is 18.7 Å². The Hall–Kier alpha value is -4.24. The molecule has 1 aromatic heterocycles. The average molecular weight is 505 g/mol. The highest BCUT2D eigenvalue weighted by Crippen LogP contribution is 2.31. The van der Waals surface area contributed by atoms with Crippen molar-refractivity contribution in [1.82, 2.24) is 20.0 Å². The van der Waals surface area contributed by atoms with Gasteiger partial charge in [0.15, 0.2) is 0 Å². The van der Waals surface area contributed by atoms with E-state index in [1.807, 2.05) is 42.6 Å². The normalized spacial score (nSPS) is 10.7. The highest BCUT2D eigenvalue weighted by atomic mass is 16.4. The first-order valence-electron chi connectivity index (χ1n) is 12.1. The van der Waals surface area contributed by atoms with E-state index in [9.17, 15) is 24.6 Å². The highest BCUT2D eigenvalue weighted by molar-refractivity contribution is 5.87. The molecule has 0 radical (unpaired) electrons. The number of hydrogen-bond donors (Lipinski definition) is 1. The number of rotatable bonds is 12. The van der Waals surface area contributed by atoms with Crippen LogP contribution in [0.15, 0.2) is 79.0 Å². The minimum absolute atomic E-state index is 0.00978. The van der Waals surface area contributed by atoms with Gasteiger partial charge in [0.2, 0.25) is 5.91 Å². The number of benzene rings is 2. The number of hydrogen-bond acceptors (Lipinski definition) is 7. The molecule has 9 nitrogen and oxygen atoms in total. The summed E-state index contributed by atoms with van der Waals surface area (Å²) in [6, 6.07) is 20.3. The first-order valence-corrected chi connectivity index (χ1v) is 12.1. The van der Waals surface area contributed by atoms with Gasteiger partial charge in [0, 0.05) is 17.7 Å². The summed E-state index contributed by atoms with van der Waals surface area (Å²) in [6.45, 7) is 8.30. The molecular formula is C28H32N4O5-2. The van der Waals surface area contributed by atoms with Crippen LogP contribution in [0.4, 0.5) is 0 Å². The predicted molar refractivity (Wildman–Crippen MR) is 138 cm³/mol. The standard InChI is InChI=1S/C24H30N4O.C4H4O4/c1-3-27(4-2)17-11-16-25-23(29)19-28-24(21-14-9-6-10-15-21)22(18-26-28)20-12-7-5-8-13-20;5-3(6)1-2-4(7)8/h5-10,12-15,18H,3-4,11,16-17,19H2,1-2H3,(H,25,29);1-2H,(H,5,6)(H,7,8)/p-2/b;2-1+. The number of carboxylic acids is 2. The smallest absolute Gasteiger partial charge is 0.241 e. The molecule has 0 atom stereocenters. The maximum absolute atomic E-state index is 12.5. The number of aliphatic carboxylic acids is 2. The summed E-state index contributed by atoms with van der Waals surface area (Å²) in [5.41, 5.74) is 4.15. The van der Waals surface area contributed by atoms with Crippen LogP contribution in [0.25, 0.3) is 22.4 Å². The topological polar surface area (TPSA) is 130 Å². The zero-order chi connectivity index (χ0) is 27.0. The van der Waals surface area contributed by atoms with Crippen LogP contribution in [0.2, 0.25) is 0 Å². The molecule has 0 aliphatic carbocycles. The van der Waals surface area contributed by atoms with E-state index in [0.717, 1.165) is 48.4 Å². The lowest BCUT2D eigenvalue weighted by Gasteiger charge is -2.17. The van der Waals surface area contributed by atoms with Gasteiger partial charge in [-0.2, -0.15) is 5.10 Å². The molecule has 0 aliphatic heterocycles. The van der Waals surface area contributed by atoms with Crippen molar-refractivity contribution in [3.63, 3.8) is 0 Å². The Kier molecular flexibility index (Phi) is 12.3. The third kappa shape index (κ3) is 10.1. The Balaban J connectivity index is 0.000000521. The van der Waals surface area contributed by atoms with E-state index < -0.39 is 11.9 Å². The minimum atomic E-state index is -1.55. The molecule has 0 unspecified atom stereocenters. The largest absolute Gasteiger partial charge is 0.545 e. The van der Waals surface area contributed by atoms with Crippen LogP contribution in [0.5, 0.6) is 0 Å². The third-order valence-electron chi connectivity index (χ3n) is 5.49. The van der Waals surface area contributed by atoms with Gasteiger partial charge in [-0.3, -0.25) is 9.48 Å². The Morgan fingerprint density at radius 1 is 0.892 bits per heavy atom. The van der Waals surface area contributed by atoms with Crippen molar-refractivity contribution in [1.29, 1.82) is 0 Å². The summed E-state index contributed by atoms with van der Waals surface area (Å²) in [5.74, 6) is -3.10. The van der Waals surface area contributed by atoms with E-state index in [2.05, 4.69) is 53.4 Å². The number of amides is 1. The summed E-state index contributed by atoms with van der Waals surface area (Å²) in [5, 5.41) is 26.4. The second-order valence-corrected chi connectivity index (χ2v) is 8.00. The molecule has 3 aromatic rings. The molecule has 9 heteroatoms. The molecule has 1 amide bonds. The molecule has 0 spiro atoms. The van der Waals surface area contributed by atoms with E-state index in [1.54, 1.807) is 4.68 Å². The zero-order valence-electron chi connectivity index (χ0n) is 21.1. The van der Waals surface area contributed by atoms with E-state index in [-0.39, 0.29) is 12.5 Å². The van der Waals surface area contributed by atoms with Crippen LogP contribution in [0.1, 0.15) is 20.3 Å². The minimum Gasteiger partial charge on any atom is -0.545 e. The Bertz CT molecular complexity index is 1140. The summed E-state index contributed by atoms with van der Waals surface area (Å²) in [7, 11) is 0. The monoisotopic (exact) mass is 504 g/mol. The molecule has 0 bridgehead atoms. The molecule has 0 saturated heterocycles. The Labute approximate surface area is 217 Å². The van der Waals surface area contributed by atoms with Crippen molar-refractivity contribution < 1.29 is 24.6 Å². The van der Waals surface area contributed by atoms with Crippen molar-refractivity contribution >= 4 is 17.8 Å². The van der Waals surface area contributed by atoms with Crippen LogP contribution in [-0.2, 0) is 20.9 Å². The average Bonchev–Trinajstić information content (AvgIpc) is 3.32. The number of carbonyl (C=O) groups is 3. The van der Waals surface area contributed by atoms with Crippen molar-refractivity contribution in [3.8, 4) is 22.4 Å². The fourth-order valence-electron chi connectivity index (χ4n) is 3.63. The summed E-state index contributed by atoms with van der Waals surface area (Å²) < 4.78 is 1.80. The maximum atomic E-state index is 12.5. The van der Waals surface area contributed by atoms with Gasteiger partial charge < -0.3 is 30.0 Å². The van der Waals surface area contributed by atoms with Crippen LogP contribution >= 0.6 is 0 Å². The van der Waals surface area contributed by atoms with Gasteiger partial charge in [-0.15, -0.1) is 0 Å². The van der Waals surface area contributed by atoms with Crippen molar-refractivity contribution in [2.45, 2.75) is 26.8 Å². The van der Waals surface area contributed by atoms with Crippen LogP contribution < -0.4 is 15.5 Å². The van der Waals surface area contributed by atoms with Crippen LogP contribution in [0.3, 0.4) is 0 Å². The third-order valence-corrected chi connectivity index (χ3v) is 5.49. The molecule has 2 aromatic carbocycles. The molecule has 37 heavy (non-hydrogen) atoms. The number of carbonyl (C=O) groups excluding carboxylic acids is 3. The first-order chi connectivity index (χ1) is 17.8. The molecule has 196 valence electrons. The van der Waals surface area contributed by atoms with Gasteiger partial charge in [0.1, 0.15) is 6.54 Å². The zero-order valence-corrected chi connectivity index (χ0v) is 21.1. The maximum Gasteiger partial charge on any atom is 0.241 e. The molecular weight excluding hydrogens is 472 g/mol. The number of aromatic nitrogens is 2. The fraction of sp³-hybridized carbons (Fsp3) is 0.286. The van der Waals surface area contributed by atoms with Gasteiger partial charge in [-0.25, -0.2) is 0 Å². The van der Waals surface area contributed by atoms with Gasteiger partial charge >= 0.3 is 0 Å². The van der Waals surface area contributed by atoms with Gasteiger partial charge in [-0.1, -0.05) is 74.5 Å². The number of nitrogens with one attached hydrogen (secondary N) is 1. The summed E-state index contributed by atoms with van der Waals surface area (Å²) in [4.78, 5) is 33.7.